The van der Waals surface area contributed by atoms with E-state index in [4.69, 9.17) is 4.74 Å². The van der Waals surface area contributed by atoms with Crippen LogP contribution in [-0.4, -0.2) is 18.6 Å². The lowest BCUT2D eigenvalue weighted by atomic mass is 9.82. The van der Waals surface area contributed by atoms with Gasteiger partial charge in [0.15, 0.2) is 0 Å². The van der Waals surface area contributed by atoms with E-state index >= 15 is 0 Å². The number of ether oxygens (including phenoxy) is 1. The molecule has 6 rings (SSSR count). The van der Waals surface area contributed by atoms with E-state index in [2.05, 4.69) is 187 Å². The highest BCUT2D eigenvalue weighted by molar-refractivity contribution is 5.97. The van der Waals surface area contributed by atoms with Crippen LogP contribution < -0.4 is 16.0 Å². The molecule has 0 fully saturated rings. The SMILES string of the molecule is C=C(C)C(=O)OCC(C)Nc1ccc(C(c2ccc(Nc3c(C)cc(C)cc3C)cc2)c2ccc(Nc3c(C)cc(C)cc3C)cc2)c2ccccc12.CC.CC.CCC. The first-order valence-electron chi connectivity index (χ1n) is 21.8. The van der Waals surface area contributed by atoms with E-state index in [0.717, 1.165) is 39.2 Å². The van der Waals surface area contributed by atoms with Crippen molar-refractivity contribution in [1.82, 2.24) is 0 Å². The molecule has 0 amide bonds. The minimum Gasteiger partial charge on any atom is -0.460 e. The van der Waals surface area contributed by atoms with Gasteiger partial charge in [0.1, 0.15) is 6.61 Å². The van der Waals surface area contributed by atoms with Gasteiger partial charge < -0.3 is 20.7 Å². The Morgan fingerprint density at radius 1 is 0.617 bits per heavy atom. The molecule has 0 bridgehead atoms. The van der Waals surface area contributed by atoms with Gasteiger partial charge in [-0.15, -0.1) is 0 Å². The lowest BCUT2D eigenvalue weighted by Crippen LogP contribution is -2.24. The number of hydrogen-bond donors (Lipinski definition) is 3. The first kappa shape index (κ1) is 48.6. The molecule has 0 aliphatic heterocycles. The number of rotatable bonds is 12. The van der Waals surface area contributed by atoms with E-state index < -0.39 is 0 Å². The zero-order valence-corrected chi connectivity index (χ0v) is 39.0. The van der Waals surface area contributed by atoms with E-state index in [1.807, 2.05) is 34.6 Å². The smallest absolute Gasteiger partial charge is 0.333 e. The largest absolute Gasteiger partial charge is 0.460 e. The summed E-state index contributed by atoms with van der Waals surface area (Å²) in [5.74, 6) is -0.408. The van der Waals surface area contributed by atoms with Crippen molar-refractivity contribution in [2.75, 3.05) is 22.6 Å². The monoisotopic (exact) mass is 806 g/mol. The van der Waals surface area contributed by atoms with Gasteiger partial charge >= 0.3 is 5.97 Å². The van der Waals surface area contributed by atoms with E-state index in [1.54, 1.807) is 6.92 Å². The van der Waals surface area contributed by atoms with E-state index in [1.165, 1.54) is 56.5 Å². The number of fused-ring (bicyclic) bond motifs is 1. The summed E-state index contributed by atoms with van der Waals surface area (Å²) >= 11 is 0. The molecule has 0 saturated carbocycles. The summed E-state index contributed by atoms with van der Waals surface area (Å²) in [4.78, 5) is 12.1. The second-order valence-corrected chi connectivity index (χ2v) is 15.4. The standard InChI is InChI=1S/C48H51N3O2.C3H8.2C2H6/c1-29(2)48(52)53-28-36(9)49-44-23-22-43(41-12-10-11-13-42(41)44)45(37-14-18-39(19-15-37)50-46-32(5)24-30(3)25-33(46)6)38-16-20-40(21-17-38)51-47-34(7)26-31(4)27-35(47)8;1-3-2;2*1-2/h10-27,36,45,49-51H,1,28H2,2-9H3;3H2,1-2H3;2*1-2H3. The van der Waals surface area contributed by atoms with Gasteiger partial charge in [-0.1, -0.05) is 145 Å². The summed E-state index contributed by atoms with van der Waals surface area (Å²) in [7, 11) is 0. The number of nitrogens with one attached hydrogen (secondary N) is 3. The molecule has 1 unspecified atom stereocenters. The predicted octanol–water partition coefficient (Wildman–Crippen LogP) is 15.7. The summed E-state index contributed by atoms with van der Waals surface area (Å²) in [5, 5.41) is 13.2. The fourth-order valence-corrected chi connectivity index (χ4v) is 7.44. The van der Waals surface area contributed by atoms with Crippen molar-refractivity contribution in [3.05, 3.63) is 171 Å². The van der Waals surface area contributed by atoms with Crippen molar-refractivity contribution in [3.8, 4) is 0 Å². The third-order valence-corrected chi connectivity index (χ3v) is 9.86. The van der Waals surface area contributed by atoms with Crippen LogP contribution >= 0.6 is 0 Å². The molecule has 0 heterocycles. The molecule has 1 atom stereocenters. The second kappa shape index (κ2) is 23.7. The van der Waals surface area contributed by atoms with Gasteiger partial charge in [0, 0.05) is 45.3 Å². The van der Waals surface area contributed by atoms with E-state index in [0.29, 0.717) is 5.57 Å². The quantitative estimate of drug-likeness (QED) is 0.0653. The van der Waals surface area contributed by atoms with Crippen LogP contribution in [0.3, 0.4) is 0 Å². The van der Waals surface area contributed by atoms with Crippen LogP contribution in [0, 0.1) is 41.5 Å². The zero-order valence-electron chi connectivity index (χ0n) is 39.0. The summed E-state index contributed by atoms with van der Waals surface area (Å²) < 4.78 is 5.45. The van der Waals surface area contributed by atoms with Crippen molar-refractivity contribution in [2.45, 2.75) is 115 Å². The predicted molar refractivity (Wildman–Crippen MR) is 263 cm³/mol. The van der Waals surface area contributed by atoms with Crippen LogP contribution in [0.4, 0.5) is 28.4 Å². The fraction of sp³-hybridized carbons (Fsp3) is 0.327. The Kier molecular flexibility index (Phi) is 19.2. The van der Waals surface area contributed by atoms with Gasteiger partial charge in [0.05, 0.1) is 6.04 Å². The van der Waals surface area contributed by atoms with Crippen molar-refractivity contribution in [1.29, 1.82) is 0 Å². The minimum absolute atomic E-state index is 0.0308. The highest BCUT2D eigenvalue weighted by Gasteiger charge is 2.21. The van der Waals surface area contributed by atoms with E-state index in [9.17, 15) is 4.79 Å². The van der Waals surface area contributed by atoms with Gasteiger partial charge in [-0.3, -0.25) is 0 Å². The number of benzene rings is 6. The van der Waals surface area contributed by atoms with Crippen LogP contribution in [-0.2, 0) is 9.53 Å². The first-order chi connectivity index (χ1) is 28.8. The van der Waals surface area contributed by atoms with Crippen molar-refractivity contribution < 1.29 is 9.53 Å². The van der Waals surface area contributed by atoms with Gasteiger partial charge in [0.2, 0.25) is 0 Å². The number of carbonyl (C=O) groups excluding carboxylic acids is 1. The molecule has 318 valence electrons. The molecule has 5 heteroatoms. The molecule has 0 radical (unpaired) electrons. The number of esters is 1. The Balaban J connectivity index is 0.00000130. The maximum atomic E-state index is 12.1. The van der Waals surface area contributed by atoms with Gasteiger partial charge in [-0.25, -0.2) is 4.79 Å². The molecule has 3 N–H and O–H groups in total. The van der Waals surface area contributed by atoms with Gasteiger partial charge in [0.25, 0.3) is 0 Å². The third kappa shape index (κ3) is 12.8. The molecule has 0 spiro atoms. The topological polar surface area (TPSA) is 62.4 Å². The number of hydrogen-bond acceptors (Lipinski definition) is 5. The molecule has 6 aromatic carbocycles. The molecule has 0 aromatic heterocycles. The lowest BCUT2D eigenvalue weighted by molar-refractivity contribution is -0.139. The molecular formula is C55H71N3O2. The highest BCUT2D eigenvalue weighted by Crippen LogP contribution is 2.40. The minimum atomic E-state index is -0.377. The third-order valence-electron chi connectivity index (χ3n) is 9.86. The van der Waals surface area contributed by atoms with Crippen molar-refractivity contribution in [2.24, 2.45) is 0 Å². The molecule has 0 saturated heterocycles. The van der Waals surface area contributed by atoms with Crippen LogP contribution in [0.2, 0.25) is 0 Å². The molecule has 0 aliphatic rings. The molecular weight excluding hydrogens is 735 g/mol. The van der Waals surface area contributed by atoms with Crippen molar-refractivity contribution in [3.63, 3.8) is 0 Å². The summed E-state index contributed by atoms with van der Waals surface area (Å²) in [6, 6.07) is 39.4. The summed E-state index contributed by atoms with van der Waals surface area (Å²) in [6.45, 7) is 32.8. The normalized spacial score (nSPS) is 10.8. The first-order valence-corrected chi connectivity index (χ1v) is 21.8. The Labute approximate surface area is 362 Å². The van der Waals surface area contributed by atoms with Crippen LogP contribution in [0.15, 0.2) is 121 Å². The van der Waals surface area contributed by atoms with Gasteiger partial charge in [-0.05, 0) is 130 Å². The summed E-state index contributed by atoms with van der Waals surface area (Å²) in [5.41, 5.74) is 16.9. The molecule has 5 nitrogen and oxygen atoms in total. The van der Waals surface area contributed by atoms with Crippen LogP contribution in [0.1, 0.15) is 118 Å². The fourth-order valence-electron chi connectivity index (χ4n) is 7.44. The Hall–Kier alpha value is -5.81. The Morgan fingerprint density at radius 3 is 1.42 bits per heavy atom. The molecule has 0 aliphatic carbocycles. The molecule has 60 heavy (non-hydrogen) atoms. The second-order valence-electron chi connectivity index (χ2n) is 15.4. The Bertz CT molecular complexity index is 2160. The van der Waals surface area contributed by atoms with Crippen molar-refractivity contribution >= 4 is 45.2 Å². The highest BCUT2D eigenvalue weighted by atomic mass is 16.5. The maximum absolute atomic E-state index is 12.1. The number of aryl methyl sites for hydroxylation is 6. The van der Waals surface area contributed by atoms with Crippen LogP contribution in [0.5, 0.6) is 0 Å². The number of anilines is 5. The maximum Gasteiger partial charge on any atom is 0.333 e. The average molecular weight is 806 g/mol. The van der Waals surface area contributed by atoms with E-state index in [-0.39, 0.29) is 24.5 Å². The average Bonchev–Trinajstić information content (AvgIpc) is 3.23. The lowest BCUT2D eigenvalue weighted by Gasteiger charge is -2.24. The molecule has 6 aromatic rings. The number of carbonyl (C=O) groups is 1. The van der Waals surface area contributed by atoms with Crippen LogP contribution in [0.25, 0.3) is 10.8 Å². The van der Waals surface area contributed by atoms with Gasteiger partial charge in [-0.2, -0.15) is 0 Å². The Morgan fingerprint density at radius 2 is 1.02 bits per heavy atom. The zero-order chi connectivity index (χ0) is 44.5. The summed E-state index contributed by atoms with van der Waals surface area (Å²) in [6.07, 6.45) is 1.25.